The van der Waals surface area contributed by atoms with Crippen molar-refractivity contribution in [3.63, 3.8) is 0 Å². The molecule has 0 aromatic heterocycles. The lowest BCUT2D eigenvalue weighted by Crippen LogP contribution is -2.34. The number of carbonyl (C=O) groups is 2. The first-order valence-corrected chi connectivity index (χ1v) is 9.84. The Morgan fingerprint density at radius 1 is 0.931 bits per heavy atom. The van der Waals surface area contributed by atoms with Crippen LogP contribution in [0.5, 0.6) is 5.75 Å². The van der Waals surface area contributed by atoms with Gasteiger partial charge < -0.3 is 15.4 Å². The van der Waals surface area contributed by atoms with Crippen molar-refractivity contribution in [3.8, 4) is 5.75 Å². The molecule has 0 aliphatic rings. The first-order chi connectivity index (χ1) is 14.0. The Hall–Kier alpha value is -3.34. The Labute approximate surface area is 171 Å². The molecule has 0 fully saturated rings. The number of hydrogen-bond donors (Lipinski definition) is 2. The van der Waals surface area contributed by atoms with E-state index in [2.05, 4.69) is 10.6 Å². The van der Waals surface area contributed by atoms with E-state index in [1.165, 1.54) is 0 Å². The molecule has 0 aliphatic heterocycles. The van der Waals surface area contributed by atoms with Gasteiger partial charge in [-0.25, -0.2) is 0 Å². The van der Waals surface area contributed by atoms with Crippen LogP contribution in [0.3, 0.4) is 0 Å². The molecule has 2 atom stereocenters. The van der Waals surface area contributed by atoms with Crippen molar-refractivity contribution in [2.75, 3.05) is 5.32 Å². The molecule has 5 heteroatoms. The fourth-order valence-corrected chi connectivity index (χ4v) is 2.93. The molecule has 29 heavy (non-hydrogen) atoms. The molecule has 0 aliphatic carbocycles. The highest BCUT2D eigenvalue weighted by atomic mass is 16.5. The molecule has 0 saturated carbocycles. The summed E-state index contributed by atoms with van der Waals surface area (Å²) in [6.45, 7) is 5.63. The second kappa shape index (κ2) is 9.24. The second-order valence-corrected chi connectivity index (χ2v) is 7.09. The molecular formula is C24H26N2O3. The Morgan fingerprint density at radius 2 is 1.62 bits per heavy atom. The molecule has 3 aromatic rings. The van der Waals surface area contributed by atoms with Crippen LogP contribution in [0.1, 0.15) is 37.6 Å². The van der Waals surface area contributed by atoms with Crippen LogP contribution in [-0.2, 0) is 4.79 Å². The number of anilines is 1. The monoisotopic (exact) mass is 390 g/mol. The van der Waals surface area contributed by atoms with Gasteiger partial charge in [-0.2, -0.15) is 0 Å². The summed E-state index contributed by atoms with van der Waals surface area (Å²) in [7, 11) is 0. The summed E-state index contributed by atoms with van der Waals surface area (Å²) in [5.74, 6) is 0.0921. The first kappa shape index (κ1) is 20.4. The number of benzene rings is 3. The molecule has 0 radical (unpaired) electrons. The summed E-state index contributed by atoms with van der Waals surface area (Å²) >= 11 is 0. The molecule has 5 nitrogen and oxygen atoms in total. The van der Waals surface area contributed by atoms with Gasteiger partial charge in [0.15, 0.2) is 6.10 Å². The van der Waals surface area contributed by atoms with Crippen LogP contribution < -0.4 is 15.4 Å². The number of fused-ring (bicyclic) bond motifs is 1. The predicted octanol–water partition coefficient (Wildman–Crippen LogP) is 4.77. The highest BCUT2D eigenvalue weighted by Gasteiger charge is 2.19. The van der Waals surface area contributed by atoms with Gasteiger partial charge in [0.05, 0.1) is 11.3 Å². The predicted molar refractivity (Wildman–Crippen MR) is 116 cm³/mol. The van der Waals surface area contributed by atoms with Crippen molar-refractivity contribution in [2.24, 2.45) is 0 Å². The minimum Gasteiger partial charge on any atom is -0.481 e. The molecule has 0 saturated heterocycles. The van der Waals surface area contributed by atoms with E-state index >= 15 is 0 Å². The van der Waals surface area contributed by atoms with Gasteiger partial charge in [-0.1, -0.05) is 49.4 Å². The summed E-state index contributed by atoms with van der Waals surface area (Å²) < 4.78 is 5.83. The van der Waals surface area contributed by atoms with Crippen molar-refractivity contribution >= 4 is 28.3 Å². The largest absolute Gasteiger partial charge is 0.481 e. The molecular weight excluding hydrogens is 364 g/mol. The van der Waals surface area contributed by atoms with Gasteiger partial charge in [0.25, 0.3) is 11.8 Å². The normalized spacial score (nSPS) is 12.8. The Balaban J connectivity index is 1.70. The van der Waals surface area contributed by atoms with E-state index in [4.69, 9.17) is 4.74 Å². The van der Waals surface area contributed by atoms with Gasteiger partial charge in [-0.3, -0.25) is 9.59 Å². The van der Waals surface area contributed by atoms with Crippen LogP contribution in [0.25, 0.3) is 10.8 Å². The van der Waals surface area contributed by atoms with Crippen LogP contribution >= 0.6 is 0 Å². The fraction of sp³-hybridized carbons (Fsp3) is 0.250. The topological polar surface area (TPSA) is 67.4 Å². The van der Waals surface area contributed by atoms with Crippen LogP contribution in [0.15, 0.2) is 66.7 Å². The average molecular weight is 390 g/mol. The summed E-state index contributed by atoms with van der Waals surface area (Å²) in [5, 5.41) is 7.89. The van der Waals surface area contributed by atoms with E-state index in [0.29, 0.717) is 17.0 Å². The average Bonchev–Trinajstić information content (AvgIpc) is 2.73. The summed E-state index contributed by atoms with van der Waals surface area (Å²) in [4.78, 5) is 25.2. The SMILES string of the molecule is CC[C@@H](C)NC(=O)c1ccccc1NC(=O)[C@@H](C)Oc1ccc2ccccc2c1. The van der Waals surface area contributed by atoms with E-state index in [0.717, 1.165) is 17.2 Å². The molecule has 0 unspecified atom stereocenters. The highest BCUT2D eigenvalue weighted by Crippen LogP contribution is 2.22. The van der Waals surface area contributed by atoms with Gasteiger partial charge in [0, 0.05) is 6.04 Å². The maximum Gasteiger partial charge on any atom is 0.265 e. The zero-order chi connectivity index (χ0) is 20.8. The van der Waals surface area contributed by atoms with Crippen LogP contribution in [0, 0.1) is 0 Å². The lowest BCUT2D eigenvalue weighted by Gasteiger charge is -2.17. The standard InChI is InChI=1S/C24H26N2O3/c1-4-16(2)25-24(28)21-11-7-8-12-22(21)26-23(27)17(3)29-20-14-13-18-9-5-6-10-19(18)15-20/h5-17H,4H2,1-3H3,(H,25,28)(H,26,27)/t16-,17-/m1/s1. The van der Waals surface area contributed by atoms with Crippen molar-refractivity contribution in [1.29, 1.82) is 0 Å². The van der Waals surface area contributed by atoms with E-state index in [1.807, 2.05) is 56.3 Å². The third-order valence-corrected chi connectivity index (χ3v) is 4.82. The van der Waals surface area contributed by atoms with Crippen LogP contribution in [0.2, 0.25) is 0 Å². The minimum atomic E-state index is -0.721. The van der Waals surface area contributed by atoms with Crippen LogP contribution in [-0.4, -0.2) is 24.0 Å². The minimum absolute atomic E-state index is 0.0569. The van der Waals surface area contributed by atoms with E-state index in [1.54, 1.807) is 31.2 Å². The molecule has 3 rings (SSSR count). The van der Waals surface area contributed by atoms with Gasteiger partial charge in [-0.15, -0.1) is 0 Å². The summed E-state index contributed by atoms with van der Waals surface area (Å²) in [6, 6.07) is 20.7. The van der Waals surface area contributed by atoms with Crippen LogP contribution in [0.4, 0.5) is 5.69 Å². The number of amides is 2. The van der Waals surface area contributed by atoms with E-state index in [-0.39, 0.29) is 17.9 Å². The van der Waals surface area contributed by atoms with Gasteiger partial charge in [0.1, 0.15) is 5.75 Å². The lowest BCUT2D eigenvalue weighted by molar-refractivity contribution is -0.122. The van der Waals surface area contributed by atoms with Crippen molar-refractivity contribution in [3.05, 3.63) is 72.3 Å². The Bertz CT molecular complexity index is 1020. The second-order valence-electron chi connectivity index (χ2n) is 7.09. The summed E-state index contributed by atoms with van der Waals surface area (Å²) in [6.07, 6.45) is 0.110. The lowest BCUT2D eigenvalue weighted by atomic mass is 10.1. The molecule has 2 N–H and O–H groups in total. The third-order valence-electron chi connectivity index (χ3n) is 4.82. The number of para-hydroxylation sites is 1. The fourth-order valence-electron chi connectivity index (χ4n) is 2.93. The smallest absolute Gasteiger partial charge is 0.265 e. The zero-order valence-electron chi connectivity index (χ0n) is 16.9. The number of ether oxygens (including phenoxy) is 1. The van der Waals surface area contributed by atoms with Crippen molar-refractivity contribution in [1.82, 2.24) is 5.32 Å². The molecule has 0 bridgehead atoms. The molecule has 2 amide bonds. The third kappa shape index (κ3) is 5.13. The summed E-state index contributed by atoms with van der Waals surface area (Å²) in [5.41, 5.74) is 0.895. The van der Waals surface area contributed by atoms with Gasteiger partial charge in [-0.05, 0) is 55.3 Å². The quantitative estimate of drug-likeness (QED) is 0.610. The number of carbonyl (C=O) groups excluding carboxylic acids is 2. The van der Waals surface area contributed by atoms with Gasteiger partial charge in [0.2, 0.25) is 0 Å². The van der Waals surface area contributed by atoms with Gasteiger partial charge >= 0.3 is 0 Å². The van der Waals surface area contributed by atoms with Crippen molar-refractivity contribution < 1.29 is 14.3 Å². The van der Waals surface area contributed by atoms with E-state index < -0.39 is 6.10 Å². The first-order valence-electron chi connectivity index (χ1n) is 9.84. The van der Waals surface area contributed by atoms with E-state index in [9.17, 15) is 9.59 Å². The number of nitrogens with one attached hydrogen (secondary N) is 2. The molecule has 3 aromatic carbocycles. The maximum atomic E-state index is 12.7. The maximum absolute atomic E-state index is 12.7. The molecule has 0 spiro atoms. The molecule has 0 heterocycles. The number of rotatable bonds is 7. The Morgan fingerprint density at radius 3 is 2.38 bits per heavy atom. The molecule has 150 valence electrons. The number of hydrogen-bond acceptors (Lipinski definition) is 3. The zero-order valence-corrected chi connectivity index (χ0v) is 16.9. The Kier molecular flexibility index (Phi) is 6.50. The van der Waals surface area contributed by atoms with Crippen molar-refractivity contribution in [2.45, 2.75) is 39.3 Å². The highest BCUT2D eigenvalue weighted by molar-refractivity contribution is 6.04.